The van der Waals surface area contributed by atoms with Gasteiger partial charge in [-0.15, -0.1) is 0 Å². The van der Waals surface area contributed by atoms with Crippen molar-refractivity contribution >= 4 is 17.6 Å². The first kappa shape index (κ1) is 15.9. The molecule has 0 saturated heterocycles. The minimum absolute atomic E-state index is 0.157. The van der Waals surface area contributed by atoms with Gasteiger partial charge in [0.05, 0.1) is 5.69 Å². The van der Waals surface area contributed by atoms with Gasteiger partial charge in [0.1, 0.15) is 17.7 Å². The molecule has 1 rings (SSSR count). The van der Waals surface area contributed by atoms with Crippen LogP contribution in [-0.2, 0) is 4.79 Å². The number of hydrogen-bond acceptors (Lipinski definition) is 2. The molecule has 0 saturated carbocycles. The Bertz CT molecular complexity index is 508. The van der Waals surface area contributed by atoms with Crippen LogP contribution >= 0.6 is 0 Å². The number of carbonyl (C=O) groups excluding carboxylic acids is 2. The Labute approximate surface area is 115 Å². The number of carbonyl (C=O) groups is 2. The summed E-state index contributed by atoms with van der Waals surface area (Å²) >= 11 is 0. The molecular weight excluding hydrogens is 268 g/mol. The van der Waals surface area contributed by atoms with E-state index < -0.39 is 29.6 Å². The number of amides is 3. The summed E-state index contributed by atoms with van der Waals surface area (Å²) < 4.78 is 26.2. The number of primary amides is 1. The summed E-state index contributed by atoms with van der Waals surface area (Å²) in [5.41, 5.74) is 4.86. The van der Waals surface area contributed by atoms with Gasteiger partial charge in [-0.3, -0.25) is 4.79 Å². The third kappa shape index (κ3) is 4.18. The van der Waals surface area contributed by atoms with Crippen molar-refractivity contribution in [2.24, 2.45) is 11.7 Å². The van der Waals surface area contributed by atoms with Crippen molar-refractivity contribution < 1.29 is 18.4 Å². The normalized spacial score (nSPS) is 13.4. The molecule has 5 nitrogen and oxygen atoms in total. The number of anilines is 1. The second-order valence-electron chi connectivity index (χ2n) is 4.49. The highest BCUT2D eigenvalue weighted by molar-refractivity contribution is 5.97. The molecule has 0 aliphatic rings. The monoisotopic (exact) mass is 285 g/mol. The quantitative estimate of drug-likeness (QED) is 0.773. The van der Waals surface area contributed by atoms with Gasteiger partial charge in [0.25, 0.3) is 0 Å². The summed E-state index contributed by atoms with van der Waals surface area (Å²) in [5, 5.41) is 4.62. The molecule has 3 amide bonds. The Morgan fingerprint density at radius 2 is 2.00 bits per heavy atom. The molecule has 1 aromatic rings. The van der Waals surface area contributed by atoms with Crippen LogP contribution < -0.4 is 16.4 Å². The SMILES string of the molecule is CC[C@H](C)[C@H](NC(N)=O)C(=O)Nc1ccc(F)cc1F. The zero-order valence-electron chi connectivity index (χ0n) is 11.2. The summed E-state index contributed by atoms with van der Waals surface area (Å²) in [4.78, 5) is 22.9. The highest BCUT2D eigenvalue weighted by Gasteiger charge is 2.25. The Kier molecular flexibility index (Phi) is 5.42. The minimum atomic E-state index is -0.889. The smallest absolute Gasteiger partial charge is 0.312 e. The van der Waals surface area contributed by atoms with Gasteiger partial charge in [0.2, 0.25) is 5.91 Å². The van der Waals surface area contributed by atoms with Crippen LogP contribution in [-0.4, -0.2) is 18.0 Å². The van der Waals surface area contributed by atoms with E-state index >= 15 is 0 Å². The van der Waals surface area contributed by atoms with Crippen LogP contribution in [0.25, 0.3) is 0 Å². The zero-order valence-corrected chi connectivity index (χ0v) is 11.2. The van der Waals surface area contributed by atoms with Crippen molar-refractivity contribution in [3.63, 3.8) is 0 Å². The van der Waals surface area contributed by atoms with E-state index in [0.29, 0.717) is 12.5 Å². The highest BCUT2D eigenvalue weighted by Crippen LogP contribution is 2.17. The van der Waals surface area contributed by atoms with Gasteiger partial charge in [0.15, 0.2) is 0 Å². The molecule has 110 valence electrons. The van der Waals surface area contributed by atoms with E-state index in [1.165, 1.54) is 0 Å². The van der Waals surface area contributed by atoms with E-state index in [-0.39, 0.29) is 11.6 Å². The number of benzene rings is 1. The number of urea groups is 1. The number of rotatable bonds is 5. The first-order chi connectivity index (χ1) is 9.35. The largest absolute Gasteiger partial charge is 0.352 e. The molecule has 0 aliphatic carbocycles. The fourth-order valence-corrected chi connectivity index (χ4v) is 1.66. The molecule has 0 aliphatic heterocycles. The van der Waals surface area contributed by atoms with Gasteiger partial charge in [-0.2, -0.15) is 0 Å². The maximum atomic E-state index is 13.5. The molecule has 2 atom stereocenters. The molecule has 4 N–H and O–H groups in total. The topological polar surface area (TPSA) is 84.2 Å². The van der Waals surface area contributed by atoms with Crippen molar-refractivity contribution in [2.75, 3.05) is 5.32 Å². The first-order valence-corrected chi connectivity index (χ1v) is 6.17. The average Bonchev–Trinajstić information content (AvgIpc) is 2.38. The van der Waals surface area contributed by atoms with Gasteiger partial charge in [-0.05, 0) is 18.1 Å². The fourth-order valence-electron chi connectivity index (χ4n) is 1.66. The molecule has 0 fully saturated rings. The van der Waals surface area contributed by atoms with E-state index in [1.807, 2.05) is 6.92 Å². The van der Waals surface area contributed by atoms with Gasteiger partial charge in [-0.1, -0.05) is 20.3 Å². The Morgan fingerprint density at radius 1 is 1.35 bits per heavy atom. The summed E-state index contributed by atoms with van der Waals surface area (Å²) in [6.45, 7) is 3.59. The predicted molar refractivity (Wildman–Crippen MR) is 70.9 cm³/mol. The van der Waals surface area contributed by atoms with Crippen molar-refractivity contribution in [3.8, 4) is 0 Å². The lowest BCUT2D eigenvalue weighted by atomic mass is 9.98. The predicted octanol–water partition coefficient (Wildman–Crippen LogP) is 1.99. The molecular formula is C13H17F2N3O2. The Hall–Kier alpha value is -2.18. The summed E-state index contributed by atoms with van der Waals surface area (Å²) in [6, 6.07) is 1.07. The third-order valence-electron chi connectivity index (χ3n) is 2.98. The van der Waals surface area contributed by atoms with Crippen molar-refractivity contribution in [3.05, 3.63) is 29.8 Å². The second kappa shape index (κ2) is 6.83. The van der Waals surface area contributed by atoms with Crippen molar-refractivity contribution in [2.45, 2.75) is 26.3 Å². The summed E-state index contributed by atoms with van der Waals surface area (Å²) in [5.74, 6) is -2.43. The highest BCUT2D eigenvalue weighted by atomic mass is 19.1. The lowest BCUT2D eigenvalue weighted by Crippen LogP contribution is -2.49. The molecule has 0 spiro atoms. The maximum absolute atomic E-state index is 13.5. The van der Waals surface area contributed by atoms with Crippen LogP contribution in [0.2, 0.25) is 0 Å². The molecule has 20 heavy (non-hydrogen) atoms. The van der Waals surface area contributed by atoms with Crippen LogP contribution in [0.4, 0.5) is 19.3 Å². The van der Waals surface area contributed by atoms with Crippen LogP contribution in [0, 0.1) is 17.6 Å². The van der Waals surface area contributed by atoms with E-state index in [1.54, 1.807) is 6.92 Å². The van der Waals surface area contributed by atoms with Crippen LogP contribution in [0.3, 0.4) is 0 Å². The lowest BCUT2D eigenvalue weighted by molar-refractivity contribution is -0.119. The minimum Gasteiger partial charge on any atom is -0.352 e. The number of halogens is 2. The lowest BCUT2D eigenvalue weighted by Gasteiger charge is -2.22. The van der Waals surface area contributed by atoms with Crippen molar-refractivity contribution in [1.82, 2.24) is 5.32 Å². The third-order valence-corrected chi connectivity index (χ3v) is 2.98. The second-order valence-corrected chi connectivity index (χ2v) is 4.49. The number of nitrogens with one attached hydrogen (secondary N) is 2. The first-order valence-electron chi connectivity index (χ1n) is 6.17. The van der Waals surface area contributed by atoms with Gasteiger partial charge in [-0.25, -0.2) is 13.6 Å². The van der Waals surface area contributed by atoms with Crippen LogP contribution in [0.5, 0.6) is 0 Å². The van der Waals surface area contributed by atoms with E-state index in [4.69, 9.17) is 5.73 Å². The van der Waals surface area contributed by atoms with Crippen LogP contribution in [0.1, 0.15) is 20.3 Å². The van der Waals surface area contributed by atoms with Gasteiger partial charge in [0, 0.05) is 6.07 Å². The average molecular weight is 285 g/mol. The number of nitrogens with two attached hydrogens (primary N) is 1. The summed E-state index contributed by atoms with van der Waals surface area (Å²) in [7, 11) is 0. The van der Waals surface area contributed by atoms with Gasteiger partial charge >= 0.3 is 6.03 Å². The molecule has 1 aromatic carbocycles. The Morgan fingerprint density at radius 3 is 2.50 bits per heavy atom. The molecule has 0 bridgehead atoms. The standard InChI is InChI=1S/C13H17F2N3O2/c1-3-7(2)11(18-13(16)20)12(19)17-10-5-4-8(14)6-9(10)15/h4-7,11H,3H2,1-2H3,(H,17,19)(H3,16,18,20)/t7-,11-/m0/s1. The molecule has 0 radical (unpaired) electrons. The van der Waals surface area contributed by atoms with E-state index in [9.17, 15) is 18.4 Å². The molecule has 7 heteroatoms. The van der Waals surface area contributed by atoms with Crippen molar-refractivity contribution in [1.29, 1.82) is 0 Å². The fraction of sp³-hybridized carbons (Fsp3) is 0.385. The molecule has 0 heterocycles. The summed E-state index contributed by atoms with van der Waals surface area (Å²) in [6.07, 6.45) is 0.615. The number of hydrogen-bond donors (Lipinski definition) is 3. The van der Waals surface area contributed by atoms with Gasteiger partial charge < -0.3 is 16.4 Å². The Balaban J connectivity index is 2.87. The van der Waals surface area contributed by atoms with E-state index in [0.717, 1.165) is 12.1 Å². The van der Waals surface area contributed by atoms with E-state index in [2.05, 4.69) is 10.6 Å². The maximum Gasteiger partial charge on any atom is 0.312 e. The molecule has 0 unspecified atom stereocenters. The van der Waals surface area contributed by atoms with Crippen LogP contribution in [0.15, 0.2) is 18.2 Å². The molecule has 0 aromatic heterocycles. The zero-order chi connectivity index (χ0) is 15.3.